The van der Waals surface area contributed by atoms with E-state index in [0.717, 1.165) is 0 Å². The zero-order valence-electron chi connectivity index (χ0n) is 9.23. The van der Waals surface area contributed by atoms with E-state index in [1.165, 1.54) is 13.0 Å². The van der Waals surface area contributed by atoms with Gasteiger partial charge in [-0.1, -0.05) is 0 Å². The zero-order valence-corrected chi connectivity index (χ0v) is 10.8. The number of carbonyl (C=O) groups is 1. The molecule has 0 aromatic heterocycles. The van der Waals surface area contributed by atoms with Crippen molar-refractivity contribution in [1.82, 2.24) is 0 Å². The van der Waals surface area contributed by atoms with Gasteiger partial charge in [-0.15, -0.1) is 0 Å². The lowest BCUT2D eigenvalue weighted by molar-refractivity contribution is -0.385. The SMILES string of the molecule is Cc1cc(Br)c(NC(C)C(=O)O)cc1[N+](=O)[O-]. The number of nitrogens with one attached hydrogen (secondary N) is 1. The fraction of sp³-hybridized carbons (Fsp3) is 0.300. The fourth-order valence-electron chi connectivity index (χ4n) is 1.26. The molecule has 0 saturated heterocycles. The number of aryl methyl sites for hydroxylation is 1. The lowest BCUT2D eigenvalue weighted by atomic mass is 10.1. The summed E-state index contributed by atoms with van der Waals surface area (Å²) >= 11 is 3.23. The average molecular weight is 303 g/mol. The van der Waals surface area contributed by atoms with Gasteiger partial charge < -0.3 is 10.4 Å². The number of halogens is 1. The van der Waals surface area contributed by atoms with E-state index >= 15 is 0 Å². The number of carboxylic acid groups (broad SMARTS) is 1. The number of anilines is 1. The van der Waals surface area contributed by atoms with Crippen LogP contribution in [-0.4, -0.2) is 22.0 Å². The second-order valence-corrected chi connectivity index (χ2v) is 4.43. The highest BCUT2D eigenvalue weighted by atomic mass is 79.9. The van der Waals surface area contributed by atoms with E-state index in [0.29, 0.717) is 15.7 Å². The molecule has 6 nitrogen and oxygen atoms in total. The number of nitro benzene ring substituents is 1. The summed E-state index contributed by atoms with van der Waals surface area (Å²) in [6, 6.07) is 2.07. The van der Waals surface area contributed by atoms with Crippen molar-refractivity contribution in [3.8, 4) is 0 Å². The molecule has 0 heterocycles. The monoisotopic (exact) mass is 302 g/mol. The van der Waals surface area contributed by atoms with E-state index in [1.807, 2.05) is 0 Å². The van der Waals surface area contributed by atoms with Crippen molar-refractivity contribution in [2.24, 2.45) is 0 Å². The summed E-state index contributed by atoms with van der Waals surface area (Å²) in [7, 11) is 0. The molecule has 1 atom stereocenters. The standard InChI is InChI=1S/C10H11BrN2O4/c1-5-3-7(11)8(4-9(5)13(16)17)12-6(2)10(14)15/h3-4,6,12H,1-2H3,(H,14,15). The van der Waals surface area contributed by atoms with E-state index in [4.69, 9.17) is 5.11 Å². The first kappa shape index (κ1) is 13.4. The number of hydrogen-bond acceptors (Lipinski definition) is 4. The molecule has 1 rings (SSSR count). The van der Waals surface area contributed by atoms with Crippen molar-refractivity contribution in [1.29, 1.82) is 0 Å². The maximum absolute atomic E-state index is 10.8. The second-order valence-electron chi connectivity index (χ2n) is 3.58. The molecule has 1 unspecified atom stereocenters. The van der Waals surface area contributed by atoms with Gasteiger partial charge in [-0.2, -0.15) is 0 Å². The largest absolute Gasteiger partial charge is 0.480 e. The Kier molecular flexibility index (Phi) is 4.06. The van der Waals surface area contributed by atoms with Crippen LogP contribution >= 0.6 is 15.9 Å². The van der Waals surface area contributed by atoms with Gasteiger partial charge in [-0.05, 0) is 35.8 Å². The Balaban J connectivity index is 3.12. The normalized spacial score (nSPS) is 11.9. The van der Waals surface area contributed by atoms with Crippen LogP contribution in [0.15, 0.2) is 16.6 Å². The number of hydrogen-bond donors (Lipinski definition) is 2. The molecule has 0 radical (unpaired) electrons. The minimum atomic E-state index is -1.03. The summed E-state index contributed by atoms with van der Waals surface area (Å²) in [6.07, 6.45) is 0. The lowest BCUT2D eigenvalue weighted by Crippen LogP contribution is -2.25. The van der Waals surface area contributed by atoms with Gasteiger partial charge in [0.2, 0.25) is 0 Å². The minimum absolute atomic E-state index is 0.0479. The van der Waals surface area contributed by atoms with Crippen LogP contribution in [0.3, 0.4) is 0 Å². The third-order valence-corrected chi connectivity index (χ3v) is 2.88. The van der Waals surface area contributed by atoms with Gasteiger partial charge in [0.1, 0.15) is 6.04 Å². The van der Waals surface area contributed by atoms with Crippen LogP contribution in [0.4, 0.5) is 11.4 Å². The number of nitro groups is 1. The molecule has 0 aliphatic heterocycles. The number of benzene rings is 1. The fourth-order valence-corrected chi connectivity index (χ4v) is 1.84. The van der Waals surface area contributed by atoms with Gasteiger partial charge in [-0.25, -0.2) is 0 Å². The summed E-state index contributed by atoms with van der Waals surface area (Å²) in [5.74, 6) is -1.03. The number of rotatable bonds is 4. The highest BCUT2D eigenvalue weighted by molar-refractivity contribution is 9.10. The Bertz CT molecular complexity index is 476. The van der Waals surface area contributed by atoms with Crippen molar-refractivity contribution in [2.45, 2.75) is 19.9 Å². The Morgan fingerprint density at radius 2 is 2.18 bits per heavy atom. The highest BCUT2D eigenvalue weighted by Gasteiger charge is 2.17. The van der Waals surface area contributed by atoms with Crippen LogP contribution in [0.5, 0.6) is 0 Å². The number of carboxylic acids is 1. The molecule has 0 amide bonds. The van der Waals surface area contributed by atoms with Crippen molar-refractivity contribution < 1.29 is 14.8 Å². The summed E-state index contributed by atoms with van der Waals surface area (Å²) in [4.78, 5) is 20.9. The molecule has 1 aromatic rings. The lowest BCUT2D eigenvalue weighted by Gasteiger charge is -2.13. The van der Waals surface area contributed by atoms with Crippen LogP contribution in [0.25, 0.3) is 0 Å². The van der Waals surface area contributed by atoms with E-state index in [9.17, 15) is 14.9 Å². The second kappa shape index (κ2) is 5.13. The molecule has 7 heteroatoms. The average Bonchev–Trinajstić information content (AvgIpc) is 2.21. The molecule has 0 aliphatic carbocycles. The van der Waals surface area contributed by atoms with Crippen LogP contribution in [-0.2, 0) is 4.79 Å². The van der Waals surface area contributed by atoms with Crippen LogP contribution in [0.2, 0.25) is 0 Å². The molecular formula is C10H11BrN2O4. The molecule has 2 N–H and O–H groups in total. The smallest absolute Gasteiger partial charge is 0.325 e. The van der Waals surface area contributed by atoms with E-state index in [2.05, 4.69) is 21.2 Å². The molecule has 0 spiro atoms. The molecule has 17 heavy (non-hydrogen) atoms. The van der Waals surface area contributed by atoms with Crippen molar-refractivity contribution in [3.05, 3.63) is 32.3 Å². The molecule has 92 valence electrons. The predicted molar refractivity (Wildman–Crippen MR) is 66.3 cm³/mol. The third kappa shape index (κ3) is 3.16. The van der Waals surface area contributed by atoms with Gasteiger partial charge in [0.05, 0.1) is 10.6 Å². The maximum atomic E-state index is 10.8. The summed E-state index contributed by atoms with van der Waals surface area (Å²) < 4.78 is 0.591. The summed E-state index contributed by atoms with van der Waals surface area (Å²) in [5, 5.41) is 22.2. The summed E-state index contributed by atoms with van der Waals surface area (Å²) in [5.41, 5.74) is 0.848. The maximum Gasteiger partial charge on any atom is 0.325 e. The Morgan fingerprint density at radius 3 is 2.65 bits per heavy atom. The summed E-state index contributed by atoms with van der Waals surface area (Å²) in [6.45, 7) is 3.08. The van der Waals surface area contributed by atoms with E-state index in [-0.39, 0.29) is 5.69 Å². The highest BCUT2D eigenvalue weighted by Crippen LogP contribution is 2.30. The first-order valence-electron chi connectivity index (χ1n) is 4.76. The van der Waals surface area contributed by atoms with Crippen molar-refractivity contribution >= 4 is 33.3 Å². The molecule has 0 bridgehead atoms. The molecular weight excluding hydrogens is 292 g/mol. The topological polar surface area (TPSA) is 92.5 Å². The number of nitrogens with zero attached hydrogens (tertiary/aromatic N) is 1. The molecule has 0 fully saturated rings. The minimum Gasteiger partial charge on any atom is -0.480 e. The Hall–Kier alpha value is -1.63. The van der Waals surface area contributed by atoms with Crippen LogP contribution < -0.4 is 5.32 Å². The van der Waals surface area contributed by atoms with Gasteiger partial charge >= 0.3 is 5.97 Å². The number of aliphatic carboxylic acids is 1. The van der Waals surface area contributed by atoms with Crippen LogP contribution in [0.1, 0.15) is 12.5 Å². The third-order valence-electron chi connectivity index (χ3n) is 2.22. The predicted octanol–water partition coefficient (Wildman–Crippen LogP) is 2.55. The van der Waals surface area contributed by atoms with Gasteiger partial charge in [0, 0.05) is 16.1 Å². The molecule has 1 aromatic carbocycles. The van der Waals surface area contributed by atoms with Gasteiger partial charge in [0.25, 0.3) is 5.69 Å². The van der Waals surface area contributed by atoms with E-state index < -0.39 is 16.9 Å². The Morgan fingerprint density at radius 1 is 1.59 bits per heavy atom. The van der Waals surface area contributed by atoms with Crippen molar-refractivity contribution in [3.63, 3.8) is 0 Å². The van der Waals surface area contributed by atoms with Crippen LogP contribution in [0, 0.1) is 17.0 Å². The molecule has 0 saturated carbocycles. The van der Waals surface area contributed by atoms with Gasteiger partial charge in [-0.3, -0.25) is 14.9 Å². The van der Waals surface area contributed by atoms with E-state index in [1.54, 1.807) is 13.0 Å². The van der Waals surface area contributed by atoms with Gasteiger partial charge in [0.15, 0.2) is 0 Å². The quantitative estimate of drug-likeness (QED) is 0.658. The Labute approximate surface area is 106 Å². The first-order valence-corrected chi connectivity index (χ1v) is 5.56. The first-order chi connectivity index (χ1) is 7.82. The van der Waals surface area contributed by atoms with Crippen molar-refractivity contribution in [2.75, 3.05) is 5.32 Å². The molecule has 0 aliphatic rings. The zero-order chi connectivity index (χ0) is 13.2.